The van der Waals surface area contributed by atoms with Crippen molar-refractivity contribution >= 4 is 0 Å². The molecule has 90 valence electrons. The van der Waals surface area contributed by atoms with Gasteiger partial charge in [-0.05, 0) is 50.3 Å². The Hall–Kier alpha value is -1.18. The van der Waals surface area contributed by atoms with Gasteiger partial charge in [0.2, 0.25) is 0 Å². The molecule has 0 spiro atoms. The van der Waals surface area contributed by atoms with Crippen molar-refractivity contribution in [1.29, 1.82) is 0 Å². The molecule has 0 atom stereocenters. The summed E-state index contributed by atoms with van der Waals surface area (Å²) in [5, 5.41) is 10.1. The lowest BCUT2D eigenvalue weighted by Gasteiger charge is -2.18. The summed E-state index contributed by atoms with van der Waals surface area (Å²) < 4.78 is 5.78. The van der Waals surface area contributed by atoms with Crippen molar-refractivity contribution in [3.63, 3.8) is 0 Å². The zero-order valence-electron chi connectivity index (χ0n) is 11.0. The van der Waals surface area contributed by atoms with Crippen LogP contribution in [0.3, 0.4) is 0 Å². The largest absolute Gasteiger partial charge is 0.507 e. The van der Waals surface area contributed by atoms with Crippen LogP contribution in [0.25, 0.3) is 0 Å². The normalized spacial score (nSPS) is 10.6. The lowest BCUT2D eigenvalue weighted by atomic mass is 9.96. The fourth-order valence-electron chi connectivity index (χ4n) is 2.02. The highest BCUT2D eigenvalue weighted by Gasteiger charge is 2.16. The zero-order valence-corrected chi connectivity index (χ0v) is 11.0. The first-order chi connectivity index (χ1) is 7.54. The number of hydrogen-bond acceptors (Lipinski definition) is 2. The van der Waals surface area contributed by atoms with Gasteiger partial charge in [-0.15, -0.1) is 0 Å². The molecule has 16 heavy (non-hydrogen) atoms. The number of rotatable bonds is 4. The monoisotopic (exact) mass is 222 g/mol. The van der Waals surface area contributed by atoms with Crippen LogP contribution in [0.5, 0.6) is 11.5 Å². The Bertz CT molecular complexity index is 381. The lowest BCUT2D eigenvalue weighted by molar-refractivity contribution is 0.311. The van der Waals surface area contributed by atoms with Gasteiger partial charge in [0.1, 0.15) is 11.5 Å². The SMILES string of the molecule is CCCOc1c(C)c(C)c(O)c(CC)c1C. The van der Waals surface area contributed by atoms with E-state index in [1.165, 1.54) is 0 Å². The van der Waals surface area contributed by atoms with E-state index >= 15 is 0 Å². The average molecular weight is 222 g/mol. The molecule has 0 bridgehead atoms. The van der Waals surface area contributed by atoms with Crippen molar-refractivity contribution < 1.29 is 9.84 Å². The Labute approximate surface area is 98.3 Å². The molecular weight excluding hydrogens is 200 g/mol. The third-order valence-corrected chi connectivity index (χ3v) is 3.14. The molecule has 1 rings (SSSR count). The molecule has 0 fully saturated rings. The van der Waals surface area contributed by atoms with Crippen LogP contribution in [0, 0.1) is 20.8 Å². The third kappa shape index (κ3) is 2.16. The van der Waals surface area contributed by atoms with Crippen LogP contribution in [-0.2, 0) is 6.42 Å². The molecule has 2 heteroatoms. The summed E-state index contributed by atoms with van der Waals surface area (Å²) in [5.41, 5.74) is 4.08. The summed E-state index contributed by atoms with van der Waals surface area (Å²) >= 11 is 0. The lowest BCUT2D eigenvalue weighted by Crippen LogP contribution is -2.03. The van der Waals surface area contributed by atoms with Gasteiger partial charge in [0.15, 0.2) is 0 Å². The second-order valence-electron chi connectivity index (χ2n) is 4.23. The van der Waals surface area contributed by atoms with Gasteiger partial charge in [-0.1, -0.05) is 13.8 Å². The molecule has 0 aromatic heterocycles. The van der Waals surface area contributed by atoms with E-state index in [4.69, 9.17) is 4.74 Å². The molecular formula is C14H22O2. The van der Waals surface area contributed by atoms with Crippen molar-refractivity contribution in [3.05, 3.63) is 22.3 Å². The van der Waals surface area contributed by atoms with Crippen molar-refractivity contribution in [2.24, 2.45) is 0 Å². The molecule has 0 heterocycles. The first-order valence-corrected chi connectivity index (χ1v) is 5.98. The van der Waals surface area contributed by atoms with E-state index in [2.05, 4.69) is 13.8 Å². The first kappa shape index (κ1) is 12.9. The zero-order chi connectivity index (χ0) is 12.3. The smallest absolute Gasteiger partial charge is 0.125 e. The van der Waals surface area contributed by atoms with Gasteiger partial charge in [-0.3, -0.25) is 0 Å². The highest BCUT2D eigenvalue weighted by molar-refractivity contribution is 5.57. The third-order valence-electron chi connectivity index (χ3n) is 3.14. The van der Waals surface area contributed by atoms with Gasteiger partial charge in [-0.2, -0.15) is 0 Å². The number of phenolic OH excluding ortho intramolecular Hbond substituents is 1. The molecule has 0 radical (unpaired) electrons. The number of aromatic hydroxyl groups is 1. The minimum Gasteiger partial charge on any atom is -0.507 e. The minimum atomic E-state index is 0.432. The Kier molecular flexibility index (Phi) is 4.22. The van der Waals surface area contributed by atoms with Crippen LogP contribution in [0.1, 0.15) is 42.5 Å². The standard InChI is InChI=1S/C14H22O2/c1-6-8-16-14-10(4)9(3)13(15)12(7-2)11(14)5/h15H,6-8H2,1-5H3. The molecule has 1 aromatic carbocycles. The van der Waals surface area contributed by atoms with E-state index in [1.54, 1.807) is 0 Å². The predicted octanol–water partition coefficient (Wildman–Crippen LogP) is 3.67. The summed E-state index contributed by atoms with van der Waals surface area (Å²) in [6.07, 6.45) is 1.83. The van der Waals surface area contributed by atoms with Crippen LogP contribution in [-0.4, -0.2) is 11.7 Å². The number of phenols is 1. The molecule has 0 aliphatic rings. The summed E-state index contributed by atoms with van der Waals surface area (Å²) in [4.78, 5) is 0. The highest BCUT2D eigenvalue weighted by atomic mass is 16.5. The molecule has 0 unspecified atom stereocenters. The van der Waals surface area contributed by atoms with Crippen LogP contribution in [0.4, 0.5) is 0 Å². The van der Waals surface area contributed by atoms with E-state index in [-0.39, 0.29) is 0 Å². The van der Waals surface area contributed by atoms with Gasteiger partial charge < -0.3 is 9.84 Å². The van der Waals surface area contributed by atoms with Gasteiger partial charge in [0, 0.05) is 5.56 Å². The maximum absolute atomic E-state index is 10.1. The van der Waals surface area contributed by atoms with Crippen LogP contribution >= 0.6 is 0 Å². The Morgan fingerprint density at radius 1 is 1.00 bits per heavy atom. The molecule has 0 aliphatic heterocycles. The molecule has 2 nitrogen and oxygen atoms in total. The van der Waals surface area contributed by atoms with E-state index in [0.29, 0.717) is 5.75 Å². The van der Waals surface area contributed by atoms with Crippen molar-refractivity contribution in [2.45, 2.75) is 47.5 Å². The quantitative estimate of drug-likeness (QED) is 0.842. The molecule has 0 aliphatic carbocycles. The van der Waals surface area contributed by atoms with Crippen molar-refractivity contribution in [2.75, 3.05) is 6.61 Å². The maximum atomic E-state index is 10.1. The van der Waals surface area contributed by atoms with E-state index < -0.39 is 0 Å². The molecule has 0 saturated heterocycles. The fourth-order valence-corrected chi connectivity index (χ4v) is 2.02. The van der Waals surface area contributed by atoms with Gasteiger partial charge >= 0.3 is 0 Å². The highest BCUT2D eigenvalue weighted by Crippen LogP contribution is 2.37. The molecule has 0 amide bonds. The summed E-state index contributed by atoms with van der Waals surface area (Å²) in [6.45, 7) is 10.9. The fraction of sp³-hybridized carbons (Fsp3) is 0.571. The predicted molar refractivity (Wildman–Crippen MR) is 67.5 cm³/mol. The van der Waals surface area contributed by atoms with Crippen LogP contribution in [0.2, 0.25) is 0 Å². The van der Waals surface area contributed by atoms with Crippen LogP contribution < -0.4 is 4.74 Å². The van der Waals surface area contributed by atoms with Crippen molar-refractivity contribution in [1.82, 2.24) is 0 Å². The van der Waals surface area contributed by atoms with E-state index in [1.807, 2.05) is 20.8 Å². The Morgan fingerprint density at radius 3 is 2.12 bits per heavy atom. The van der Waals surface area contributed by atoms with Gasteiger partial charge in [0.05, 0.1) is 6.61 Å². The van der Waals surface area contributed by atoms with Crippen molar-refractivity contribution in [3.8, 4) is 11.5 Å². The first-order valence-electron chi connectivity index (χ1n) is 5.98. The molecule has 1 aromatic rings. The minimum absolute atomic E-state index is 0.432. The van der Waals surface area contributed by atoms with Gasteiger partial charge in [0.25, 0.3) is 0 Å². The summed E-state index contributed by atoms with van der Waals surface area (Å²) in [7, 11) is 0. The van der Waals surface area contributed by atoms with Crippen LogP contribution in [0.15, 0.2) is 0 Å². The average Bonchev–Trinajstić information content (AvgIpc) is 2.27. The number of hydrogen-bond donors (Lipinski definition) is 1. The Morgan fingerprint density at radius 2 is 1.62 bits per heavy atom. The van der Waals surface area contributed by atoms with Gasteiger partial charge in [-0.25, -0.2) is 0 Å². The van der Waals surface area contributed by atoms with E-state index in [0.717, 1.165) is 47.5 Å². The maximum Gasteiger partial charge on any atom is 0.125 e. The number of ether oxygens (including phenoxy) is 1. The molecule has 0 saturated carbocycles. The number of benzene rings is 1. The summed E-state index contributed by atoms with van der Waals surface area (Å²) in [5.74, 6) is 1.38. The second kappa shape index (κ2) is 5.24. The van der Waals surface area contributed by atoms with E-state index in [9.17, 15) is 5.11 Å². The topological polar surface area (TPSA) is 29.5 Å². The summed E-state index contributed by atoms with van der Waals surface area (Å²) in [6, 6.07) is 0. The Balaban J connectivity index is 3.31. The second-order valence-corrected chi connectivity index (χ2v) is 4.23. The molecule has 1 N–H and O–H groups in total.